The monoisotopic (exact) mass is 170 g/mol. The van der Waals surface area contributed by atoms with Crippen LogP contribution in [-0.4, -0.2) is 25.5 Å². The molecule has 2 N–H and O–H groups in total. The van der Waals surface area contributed by atoms with Crippen LogP contribution in [-0.2, 0) is 4.79 Å². The molecule has 0 spiro atoms. The molecule has 1 amide bonds. The Morgan fingerprint density at radius 3 is 3.00 bits per heavy atom. The van der Waals surface area contributed by atoms with Crippen LogP contribution in [0.3, 0.4) is 0 Å². The van der Waals surface area contributed by atoms with Crippen molar-refractivity contribution in [3.63, 3.8) is 0 Å². The smallest absolute Gasteiger partial charge is 0.224 e. The largest absolute Gasteiger partial charge is 0.356 e. The Hall–Kier alpha value is -0.570. The fraction of sp³-hybridized carbons (Fsp3) is 0.889. The standard InChI is InChI=1S/C9H18N2O/c1-3-11-9(12)8-6-10-5-4-7(8)2/h7-8,10H,3-6H2,1-2H3,(H,11,12)/t7-,8-/m0/s1. The second-order valence-corrected chi connectivity index (χ2v) is 3.47. The number of nitrogens with one attached hydrogen (secondary N) is 2. The third-order valence-electron chi connectivity index (χ3n) is 2.52. The van der Waals surface area contributed by atoms with Gasteiger partial charge in [0.15, 0.2) is 0 Å². The Kier molecular flexibility index (Phi) is 3.53. The van der Waals surface area contributed by atoms with E-state index < -0.39 is 0 Å². The van der Waals surface area contributed by atoms with Gasteiger partial charge in [0, 0.05) is 13.1 Å². The van der Waals surface area contributed by atoms with Crippen LogP contribution in [0.5, 0.6) is 0 Å². The highest BCUT2D eigenvalue weighted by Crippen LogP contribution is 2.17. The Morgan fingerprint density at radius 2 is 2.42 bits per heavy atom. The lowest BCUT2D eigenvalue weighted by Gasteiger charge is -2.28. The summed E-state index contributed by atoms with van der Waals surface area (Å²) in [4.78, 5) is 11.5. The molecule has 3 nitrogen and oxygen atoms in total. The van der Waals surface area contributed by atoms with Crippen molar-refractivity contribution in [1.82, 2.24) is 10.6 Å². The van der Waals surface area contributed by atoms with Crippen molar-refractivity contribution in [3.8, 4) is 0 Å². The van der Waals surface area contributed by atoms with E-state index in [1.807, 2.05) is 6.92 Å². The Morgan fingerprint density at radius 1 is 1.67 bits per heavy atom. The van der Waals surface area contributed by atoms with Crippen LogP contribution < -0.4 is 10.6 Å². The molecule has 2 atom stereocenters. The number of rotatable bonds is 2. The lowest BCUT2D eigenvalue weighted by Crippen LogP contribution is -2.44. The zero-order chi connectivity index (χ0) is 8.97. The van der Waals surface area contributed by atoms with Gasteiger partial charge in [-0.1, -0.05) is 6.92 Å². The Balaban J connectivity index is 2.42. The number of hydrogen-bond acceptors (Lipinski definition) is 2. The first kappa shape index (κ1) is 9.52. The van der Waals surface area contributed by atoms with E-state index in [1.165, 1.54) is 0 Å². The summed E-state index contributed by atoms with van der Waals surface area (Å²) >= 11 is 0. The summed E-state index contributed by atoms with van der Waals surface area (Å²) in [6.07, 6.45) is 1.11. The van der Waals surface area contributed by atoms with E-state index in [0.29, 0.717) is 5.92 Å². The van der Waals surface area contributed by atoms with E-state index >= 15 is 0 Å². The molecule has 0 bridgehead atoms. The summed E-state index contributed by atoms with van der Waals surface area (Å²) in [7, 11) is 0. The van der Waals surface area contributed by atoms with Gasteiger partial charge in [-0.3, -0.25) is 4.79 Å². The maximum atomic E-state index is 11.5. The van der Waals surface area contributed by atoms with Crippen LogP contribution in [0.2, 0.25) is 0 Å². The van der Waals surface area contributed by atoms with Crippen LogP contribution >= 0.6 is 0 Å². The van der Waals surface area contributed by atoms with Crippen LogP contribution in [0.4, 0.5) is 0 Å². The van der Waals surface area contributed by atoms with Gasteiger partial charge in [0.05, 0.1) is 5.92 Å². The minimum atomic E-state index is 0.179. The Labute approximate surface area is 73.9 Å². The van der Waals surface area contributed by atoms with Crippen LogP contribution in [0.15, 0.2) is 0 Å². The van der Waals surface area contributed by atoms with Crippen molar-refractivity contribution >= 4 is 5.91 Å². The molecule has 12 heavy (non-hydrogen) atoms. The van der Waals surface area contributed by atoms with E-state index in [2.05, 4.69) is 17.6 Å². The molecule has 3 heteroatoms. The normalized spacial score (nSPS) is 29.8. The van der Waals surface area contributed by atoms with Crippen molar-refractivity contribution in [2.45, 2.75) is 20.3 Å². The van der Waals surface area contributed by atoms with Crippen LogP contribution in [0, 0.1) is 11.8 Å². The summed E-state index contributed by atoms with van der Waals surface area (Å²) in [5.74, 6) is 0.911. The predicted molar refractivity (Wildman–Crippen MR) is 48.8 cm³/mol. The summed E-state index contributed by atoms with van der Waals surface area (Å²) in [6, 6.07) is 0. The summed E-state index contributed by atoms with van der Waals surface area (Å²) in [6.45, 7) is 6.74. The van der Waals surface area contributed by atoms with Crippen LogP contribution in [0.1, 0.15) is 20.3 Å². The molecule has 1 saturated heterocycles. The van der Waals surface area contributed by atoms with Crippen molar-refractivity contribution in [2.75, 3.05) is 19.6 Å². The third-order valence-corrected chi connectivity index (χ3v) is 2.52. The molecule has 1 rings (SSSR count). The number of hydrogen-bond donors (Lipinski definition) is 2. The molecule has 1 aliphatic heterocycles. The quantitative estimate of drug-likeness (QED) is 0.628. The van der Waals surface area contributed by atoms with E-state index in [4.69, 9.17) is 0 Å². The van der Waals surface area contributed by atoms with Gasteiger partial charge >= 0.3 is 0 Å². The molecule has 1 fully saturated rings. The highest BCUT2D eigenvalue weighted by molar-refractivity contribution is 5.79. The van der Waals surface area contributed by atoms with Crippen molar-refractivity contribution < 1.29 is 4.79 Å². The van der Waals surface area contributed by atoms with Crippen molar-refractivity contribution in [3.05, 3.63) is 0 Å². The van der Waals surface area contributed by atoms with Crippen molar-refractivity contribution in [1.29, 1.82) is 0 Å². The SMILES string of the molecule is CCNC(=O)[C@H]1CNCC[C@@H]1C. The first-order valence-electron chi connectivity index (χ1n) is 4.74. The highest BCUT2D eigenvalue weighted by atomic mass is 16.1. The van der Waals surface area contributed by atoms with Gasteiger partial charge in [-0.25, -0.2) is 0 Å². The molecule has 70 valence electrons. The van der Waals surface area contributed by atoms with Gasteiger partial charge < -0.3 is 10.6 Å². The van der Waals surface area contributed by atoms with E-state index in [1.54, 1.807) is 0 Å². The highest BCUT2D eigenvalue weighted by Gasteiger charge is 2.26. The minimum Gasteiger partial charge on any atom is -0.356 e. The zero-order valence-corrected chi connectivity index (χ0v) is 7.89. The lowest BCUT2D eigenvalue weighted by atomic mass is 9.87. The van der Waals surface area contributed by atoms with Crippen molar-refractivity contribution in [2.24, 2.45) is 11.8 Å². The van der Waals surface area contributed by atoms with Gasteiger partial charge in [0.1, 0.15) is 0 Å². The first-order valence-corrected chi connectivity index (χ1v) is 4.74. The molecule has 0 aromatic rings. The Bertz CT molecular complexity index is 159. The average Bonchev–Trinajstić information content (AvgIpc) is 2.05. The molecule has 0 unspecified atom stereocenters. The minimum absolute atomic E-state index is 0.179. The second-order valence-electron chi connectivity index (χ2n) is 3.47. The molecule has 0 saturated carbocycles. The maximum Gasteiger partial charge on any atom is 0.224 e. The summed E-state index contributed by atoms with van der Waals surface area (Å²) in [5.41, 5.74) is 0. The van der Waals surface area contributed by atoms with E-state index in [9.17, 15) is 4.79 Å². The zero-order valence-electron chi connectivity index (χ0n) is 7.89. The molecule has 0 aromatic carbocycles. The van der Waals surface area contributed by atoms with Gasteiger partial charge in [-0.2, -0.15) is 0 Å². The first-order chi connectivity index (χ1) is 5.75. The lowest BCUT2D eigenvalue weighted by molar-refractivity contribution is -0.126. The molecular weight excluding hydrogens is 152 g/mol. The molecule has 0 aliphatic carbocycles. The number of amides is 1. The number of carbonyl (C=O) groups is 1. The number of carbonyl (C=O) groups excluding carboxylic acids is 1. The molecule has 1 aliphatic rings. The average molecular weight is 170 g/mol. The second kappa shape index (κ2) is 4.45. The van der Waals surface area contributed by atoms with Gasteiger partial charge in [-0.05, 0) is 25.8 Å². The van der Waals surface area contributed by atoms with Gasteiger partial charge in [-0.15, -0.1) is 0 Å². The number of piperidine rings is 1. The molecule has 1 heterocycles. The fourth-order valence-electron chi connectivity index (χ4n) is 1.65. The van der Waals surface area contributed by atoms with E-state index in [0.717, 1.165) is 26.1 Å². The summed E-state index contributed by atoms with van der Waals surface area (Å²) < 4.78 is 0. The van der Waals surface area contributed by atoms with E-state index in [-0.39, 0.29) is 11.8 Å². The summed E-state index contributed by atoms with van der Waals surface area (Å²) in [5, 5.41) is 6.11. The molecule has 0 aromatic heterocycles. The molecule has 0 radical (unpaired) electrons. The van der Waals surface area contributed by atoms with Gasteiger partial charge in [0.25, 0.3) is 0 Å². The predicted octanol–water partition coefficient (Wildman–Crippen LogP) is 0.368. The molecular formula is C9H18N2O. The van der Waals surface area contributed by atoms with Crippen LogP contribution in [0.25, 0.3) is 0 Å². The fourth-order valence-corrected chi connectivity index (χ4v) is 1.65. The maximum absolute atomic E-state index is 11.5. The van der Waals surface area contributed by atoms with Gasteiger partial charge in [0.2, 0.25) is 5.91 Å². The topological polar surface area (TPSA) is 41.1 Å². The third kappa shape index (κ3) is 2.21.